The zero-order valence-electron chi connectivity index (χ0n) is 14.4. The van der Waals surface area contributed by atoms with E-state index in [1.54, 1.807) is 24.3 Å². The van der Waals surface area contributed by atoms with Crippen molar-refractivity contribution in [3.63, 3.8) is 0 Å². The van der Waals surface area contributed by atoms with Crippen molar-refractivity contribution in [3.05, 3.63) is 77.5 Å². The summed E-state index contributed by atoms with van der Waals surface area (Å²) < 4.78 is 39.5. The molecular formula is C20H15F3N2O3. The van der Waals surface area contributed by atoms with E-state index in [9.17, 15) is 27.9 Å². The van der Waals surface area contributed by atoms with Gasteiger partial charge in [-0.3, -0.25) is 9.78 Å². The maximum Gasteiger partial charge on any atom is 0.416 e. The number of nitrogens with one attached hydrogen (secondary N) is 1. The van der Waals surface area contributed by atoms with Crippen LogP contribution >= 0.6 is 0 Å². The van der Waals surface area contributed by atoms with Gasteiger partial charge in [-0.15, -0.1) is 0 Å². The van der Waals surface area contributed by atoms with Gasteiger partial charge in [0.2, 0.25) is 0 Å². The molecule has 2 N–H and O–H groups in total. The summed E-state index contributed by atoms with van der Waals surface area (Å²) in [7, 11) is 0. The fraction of sp³-hybridized carbons (Fsp3) is 0.150. The number of carbonyl (C=O) groups excluding carboxylic acids is 1. The molecule has 0 bridgehead atoms. The number of alkyl halides is 3. The van der Waals surface area contributed by atoms with Crippen LogP contribution in [0, 0.1) is 0 Å². The quantitative estimate of drug-likeness (QED) is 0.699. The lowest BCUT2D eigenvalue weighted by Gasteiger charge is -2.18. The van der Waals surface area contributed by atoms with E-state index in [-0.39, 0.29) is 11.1 Å². The Morgan fingerprint density at radius 2 is 1.75 bits per heavy atom. The summed E-state index contributed by atoms with van der Waals surface area (Å²) in [6, 6.07) is 11.4. The average Bonchev–Trinajstić information content (AvgIpc) is 2.66. The Morgan fingerprint density at radius 1 is 1.04 bits per heavy atom. The van der Waals surface area contributed by atoms with Crippen molar-refractivity contribution in [2.75, 3.05) is 0 Å². The Labute approximate surface area is 157 Å². The Morgan fingerprint density at radius 3 is 2.46 bits per heavy atom. The van der Waals surface area contributed by atoms with Gasteiger partial charge in [-0.1, -0.05) is 36.4 Å². The molecule has 3 aromatic rings. The Bertz CT molecular complexity index is 1030. The molecule has 1 amide bonds. The predicted molar refractivity (Wildman–Crippen MR) is 95.8 cm³/mol. The third-order valence-electron chi connectivity index (χ3n) is 4.23. The van der Waals surface area contributed by atoms with Crippen LogP contribution in [0.2, 0.25) is 0 Å². The number of pyridine rings is 1. The summed E-state index contributed by atoms with van der Waals surface area (Å²) in [4.78, 5) is 28.3. The van der Waals surface area contributed by atoms with Crippen LogP contribution in [0.3, 0.4) is 0 Å². The number of carboxylic acids is 1. The molecule has 0 aliphatic rings. The highest BCUT2D eigenvalue weighted by atomic mass is 19.4. The summed E-state index contributed by atoms with van der Waals surface area (Å²) in [5, 5.41) is 12.4. The molecular weight excluding hydrogens is 373 g/mol. The largest absolute Gasteiger partial charge is 0.480 e. The van der Waals surface area contributed by atoms with Gasteiger partial charge in [-0.25, -0.2) is 4.79 Å². The molecule has 0 radical (unpaired) electrons. The minimum absolute atomic E-state index is 0.147. The minimum Gasteiger partial charge on any atom is -0.480 e. The maximum atomic E-state index is 13.2. The number of amides is 1. The first-order valence-corrected chi connectivity index (χ1v) is 8.30. The van der Waals surface area contributed by atoms with E-state index in [1.807, 2.05) is 0 Å². The molecule has 0 aliphatic carbocycles. The average molecular weight is 388 g/mol. The highest BCUT2D eigenvalue weighted by Gasteiger charge is 2.34. The van der Waals surface area contributed by atoms with Crippen molar-refractivity contribution in [1.82, 2.24) is 10.3 Å². The molecule has 1 aromatic heterocycles. The van der Waals surface area contributed by atoms with E-state index in [4.69, 9.17) is 0 Å². The first kappa shape index (κ1) is 19.3. The second-order valence-corrected chi connectivity index (χ2v) is 6.10. The van der Waals surface area contributed by atoms with Crippen molar-refractivity contribution in [2.24, 2.45) is 0 Å². The van der Waals surface area contributed by atoms with E-state index in [0.29, 0.717) is 10.9 Å². The lowest BCUT2D eigenvalue weighted by atomic mass is 9.99. The SMILES string of the molecule is O=C(N[C@@H](Cc1ccccc1C(F)(F)F)C(=O)O)c1cccc2cccnc12. The van der Waals surface area contributed by atoms with Crippen LogP contribution in [0.5, 0.6) is 0 Å². The van der Waals surface area contributed by atoms with E-state index in [1.165, 1.54) is 30.5 Å². The van der Waals surface area contributed by atoms with Crippen LogP contribution in [0.15, 0.2) is 60.8 Å². The molecule has 3 rings (SSSR count). The van der Waals surface area contributed by atoms with Gasteiger partial charge in [0.05, 0.1) is 16.6 Å². The standard InChI is InChI=1S/C20H15F3N2O3/c21-20(22,23)15-9-2-1-5-13(15)11-16(19(27)28)25-18(26)14-8-3-6-12-7-4-10-24-17(12)14/h1-10,16H,11H2,(H,25,26)(H,27,28)/t16-/m0/s1. The zero-order valence-corrected chi connectivity index (χ0v) is 14.4. The van der Waals surface area contributed by atoms with Gasteiger partial charge in [0, 0.05) is 18.0 Å². The fourth-order valence-corrected chi connectivity index (χ4v) is 2.92. The van der Waals surface area contributed by atoms with E-state index in [0.717, 1.165) is 6.07 Å². The number of nitrogens with zero attached hydrogens (tertiary/aromatic N) is 1. The molecule has 8 heteroatoms. The second-order valence-electron chi connectivity index (χ2n) is 6.10. The molecule has 2 aromatic carbocycles. The number of para-hydroxylation sites is 1. The highest BCUT2D eigenvalue weighted by Crippen LogP contribution is 2.32. The van der Waals surface area contributed by atoms with Crippen LogP contribution < -0.4 is 5.32 Å². The first-order valence-electron chi connectivity index (χ1n) is 8.30. The summed E-state index contributed by atoms with van der Waals surface area (Å²) >= 11 is 0. The van der Waals surface area contributed by atoms with Crippen LogP contribution in [0.1, 0.15) is 21.5 Å². The predicted octanol–water partition coefficient (Wildman–Crippen LogP) is 3.68. The van der Waals surface area contributed by atoms with Crippen LogP contribution in [-0.4, -0.2) is 28.0 Å². The van der Waals surface area contributed by atoms with Gasteiger partial charge in [-0.2, -0.15) is 13.2 Å². The van der Waals surface area contributed by atoms with Crippen LogP contribution in [0.25, 0.3) is 10.9 Å². The molecule has 0 unspecified atom stereocenters. The number of aliphatic carboxylic acids is 1. The summed E-state index contributed by atoms with van der Waals surface area (Å²) in [6.07, 6.45) is -3.63. The first-order chi connectivity index (χ1) is 13.3. The lowest BCUT2D eigenvalue weighted by Crippen LogP contribution is -2.42. The van der Waals surface area contributed by atoms with Crippen LogP contribution in [0.4, 0.5) is 13.2 Å². The minimum atomic E-state index is -4.62. The van der Waals surface area contributed by atoms with Gasteiger partial charge < -0.3 is 10.4 Å². The number of benzene rings is 2. The van der Waals surface area contributed by atoms with Gasteiger partial charge in [0.1, 0.15) is 6.04 Å². The van der Waals surface area contributed by atoms with Crippen molar-refractivity contribution < 1.29 is 27.9 Å². The smallest absolute Gasteiger partial charge is 0.416 e. The van der Waals surface area contributed by atoms with E-state index < -0.39 is 36.1 Å². The topological polar surface area (TPSA) is 79.3 Å². The fourth-order valence-electron chi connectivity index (χ4n) is 2.92. The number of fused-ring (bicyclic) bond motifs is 1. The normalized spacial score (nSPS) is 12.5. The molecule has 0 saturated carbocycles. The van der Waals surface area contributed by atoms with Crippen LogP contribution in [-0.2, 0) is 17.4 Å². The van der Waals surface area contributed by atoms with Crippen molar-refractivity contribution in [1.29, 1.82) is 0 Å². The van der Waals surface area contributed by atoms with E-state index >= 15 is 0 Å². The number of rotatable bonds is 5. The van der Waals surface area contributed by atoms with Gasteiger partial charge in [-0.05, 0) is 23.8 Å². The van der Waals surface area contributed by atoms with Gasteiger partial charge >= 0.3 is 12.1 Å². The lowest BCUT2D eigenvalue weighted by molar-refractivity contribution is -0.141. The third-order valence-corrected chi connectivity index (χ3v) is 4.23. The maximum absolute atomic E-state index is 13.2. The van der Waals surface area contributed by atoms with Crippen molar-refractivity contribution >= 4 is 22.8 Å². The number of carboxylic acid groups (broad SMARTS) is 1. The third kappa shape index (κ3) is 4.11. The Hall–Kier alpha value is -3.42. The summed E-state index contributed by atoms with van der Waals surface area (Å²) in [6.45, 7) is 0. The summed E-state index contributed by atoms with van der Waals surface area (Å²) in [5.41, 5.74) is -0.614. The highest BCUT2D eigenvalue weighted by molar-refractivity contribution is 6.06. The number of hydrogen-bond donors (Lipinski definition) is 2. The van der Waals surface area contributed by atoms with Gasteiger partial charge in [0.25, 0.3) is 5.91 Å². The molecule has 0 aliphatic heterocycles. The monoisotopic (exact) mass is 388 g/mol. The molecule has 1 atom stereocenters. The molecule has 28 heavy (non-hydrogen) atoms. The number of carbonyl (C=O) groups is 2. The molecule has 0 spiro atoms. The number of hydrogen-bond acceptors (Lipinski definition) is 3. The molecule has 5 nitrogen and oxygen atoms in total. The molecule has 144 valence electrons. The molecule has 1 heterocycles. The number of halogens is 3. The Kier molecular flexibility index (Phi) is 5.30. The van der Waals surface area contributed by atoms with Crippen molar-refractivity contribution in [2.45, 2.75) is 18.6 Å². The molecule has 0 saturated heterocycles. The van der Waals surface area contributed by atoms with Crippen molar-refractivity contribution in [3.8, 4) is 0 Å². The number of aromatic nitrogens is 1. The molecule has 0 fully saturated rings. The summed E-state index contributed by atoms with van der Waals surface area (Å²) in [5.74, 6) is -2.15. The second kappa shape index (κ2) is 7.67. The van der Waals surface area contributed by atoms with E-state index in [2.05, 4.69) is 10.3 Å². The van der Waals surface area contributed by atoms with Gasteiger partial charge in [0.15, 0.2) is 0 Å². The Balaban J connectivity index is 1.89. The zero-order chi connectivity index (χ0) is 20.3.